The molecule has 2 aromatic carbocycles. The first-order valence-electron chi connectivity index (χ1n) is 8.53. The summed E-state index contributed by atoms with van der Waals surface area (Å²) in [5.41, 5.74) is 0.515. The molecule has 6 nitrogen and oxygen atoms in total. The largest absolute Gasteiger partial charge is 0.468 e. The van der Waals surface area contributed by atoms with Gasteiger partial charge < -0.3 is 9.47 Å². The number of carbonyl (C=O) groups excluding carboxylic acids is 4. The molecule has 0 fully saturated rings. The van der Waals surface area contributed by atoms with Gasteiger partial charge in [0.15, 0.2) is 11.6 Å². The van der Waals surface area contributed by atoms with Gasteiger partial charge in [-0.15, -0.1) is 0 Å². The van der Waals surface area contributed by atoms with E-state index in [-0.39, 0.29) is 17.5 Å². The highest BCUT2D eigenvalue weighted by Crippen LogP contribution is 2.25. The van der Waals surface area contributed by atoms with E-state index in [0.29, 0.717) is 8.95 Å². The fraction of sp³-hybridized carbons (Fsp3) is 0.238. The number of hydrogen-bond acceptors (Lipinski definition) is 6. The van der Waals surface area contributed by atoms with Crippen LogP contribution in [0.2, 0.25) is 0 Å². The summed E-state index contributed by atoms with van der Waals surface area (Å²) in [7, 11) is 2.29. The van der Waals surface area contributed by atoms with Gasteiger partial charge >= 0.3 is 11.9 Å². The van der Waals surface area contributed by atoms with Gasteiger partial charge in [-0.1, -0.05) is 56.1 Å². The molecule has 2 rings (SSSR count). The van der Waals surface area contributed by atoms with Crippen LogP contribution in [0.25, 0.3) is 0 Å². The number of hydrogen-bond donors (Lipinski definition) is 0. The highest BCUT2D eigenvalue weighted by atomic mass is 79.9. The monoisotopic (exact) mass is 524 g/mol. The van der Waals surface area contributed by atoms with Crippen molar-refractivity contribution in [3.8, 4) is 0 Å². The highest BCUT2D eigenvalue weighted by molar-refractivity contribution is 9.10. The molecule has 0 aromatic heterocycles. The Hall–Kier alpha value is -2.32. The van der Waals surface area contributed by atoms with Gasteiger partial charge in [-0.25, -0.2) is 0 Å². The standard InChI is InChI=1S/C21H18Br2O6/c1-28-20(26)16(18(24)12-5-3-7-14(22)9-12)11-17(21(27)29-2)19(25)13-6-4-8-15(23)10-13/h3-10,16-17H,11H2,1-2H3. The van der Waals surface area contributed by atoms with Gasteiger partial charge in [0.2, 0.25) is 0 Å². The maximum Gasteiger partial charge on any atom is 0.316 e. The Morgan fingerprint density at radius 3 is 1.45 bits per heavy atom. The molecule has 0 saturated carbocycles. The maximum atomic E-state index is 13.0. The van der Waals surface area contributed by atoms with Gasteiger partial charge in [-0.05, 0) is 30.7 Å². The summed E-state index contributed by atoms with van der Waals surface area (Å²) in [4.78, 5) is 50.6. The Morgan fingerprint density at radius 1 is 0.759 bits per heavy atom. The van der Waals surface area contributed by atoms with Crippen molar-refractivity contribution in [3.05, 3.63) is 68.6 Å². The average molecular weight is 526 g/mol. The molecule has 2 atom stereocenters. The summed E-state index contributed by atoms with van der Waals surface area (Å²) < 4.78 is 10.8. The number of carbonyl (C=O) groups is 4. The summed E-state index contributed by atoms with van der Waals surface area (Å²) >= 11 is 6.56. The summed E-state index contributed by atoms with van der Waals surface area (Å²) in [6.45, 7) is 0. The predicted molar refractivity (Wildman–Crippen MR) is 113 cm³/mol. The number of esters is 2. The number of Topliss-reactive ketones (excluding diaryl/α,β-unsaturated/α-hetero) is 2. The molecule has 0 aliphatic heterocycles. The predicted octanol–water partition coefficient (Wildman–Crippen LogP) is 4.25. The van der Waals surface area contributed by atoms with Crippen molar-refractivity contribution in [2.45, 2.75) is 6.42 Å². The molecule has 2 unspecified atom stereocenters. The molecule has 0 amide bonds. The summed E-state index contributed by atoms with van der Waals surface area (Å²) in [5, 5.41) is 0. The summed E-state index contributed by atoms with van der Waals surface area (Å²) in [5.74, 6) is -5.43. The fourth-order valence-electron chi connectivity index (χ4n) is 2.83. The Labute approximate surface area is 184 Å². The van der Waals surface area contributed by atoms with Crippen LogP contribution in [0.1, 0.15) is 27.1 Å². The van der Waals surface area contributed by atoms with Gasteiger partial charge in [0.05, 0.1) is 14.2 Å². The topological polar surface area (TPSA) is 86.7 Å². The second-order valence-corrected chi connectivity index (χ2v) is 7.97. The Balaban J connectivity index is 2.40. The van der Waals surface area contributed by atoms with Crippen molar-refractivity contribution in [1.29, 1.82) is 0 Å². The van der Waals surface area contributed by atoms with Crippen molar-refractivity contribution < 1.29 is 28.7 Å². The quantitative estimate of drug-likeness (QED) is 0.291. The summed E-state index contributed by atoms with van der Waals surface area (Å²) in [6.07, 6.45) is -0.365. The van der Waals surface area contributed by atoms with E-state index < -0.39 is 35.3 Å². The van der Waals surface area contributed by atoms with Crippen molar-refractivity contribution in [2.24, 2.45) is 11.8 Å². The van der Waals surface area contributed by atoms with E-state index in [1.165, 1.54) is 0 Å². The van der Waals surface area contributed by atoms with Crippen LogP contribution in [-0.2, 0) is 19.1 Å². The Kier molecular flexibility index (Phi) is 8.28. The van der Waals surface area contributed by atoms with Crippen LogP contribution in [0.3, 0.4) is 0 Å². The van der Waals surface area contributed by atoms with E-state index in [4.69, 9.17) is 9.47 Å². The smallest absolute Gasteiger partial charge is 0.316 e. The lowest BCUT2D eigenvalue weighted by atomic mass is 9.84. The Morgan fingerprint density at radius 2 is 1.14 bits per heavy atom. The first-order chi connectivity index (χ1) is 13.8. The molecular formula is C21H18Br2O6. The van der Waals surface area contributed by atoms with Crippen LogP contribution >= 0.6 is 31.9 Å². The molecule has 0 bridgehead atoms. The third-order valence-electron chi connectivity index (χ3n) is 4.29. The van der Waals surface area contributed by atoms with E-state index in [1.807, 2.05) is 0 Å². The van der Waals surface area contributed by atoms with Crippen LogP contribution in [0.15, 0.2) is 57.5 Å². The molecule has 0 N–H and O–H groups in total. The zero-order chi connectivity index (χ0) is 21.6. The van der Waals surface area contributed by atoms with Gasteiger partial charge in [0, 0.05) is 20.1 Å². The molecule has 0 spiro atoms. The van der Waals surface area contributed by atoms with Crippen molar-refractivity contribution in [1.82, 2.24) is 0 Å². The van der Waals surface area contributed by atoms with Crippen LogP contribution in [0.5, 0.6) is 0 Å². The minimum absolute atomic E-state index is 0.258. The van der Waals surface area contributed by atoms with E-state index in [0.717, 1.165) is 14.2 Å². The van der Waals surface area contributed by atoms with E-state index in [9.17, 15) is 19.2 Å². The van der Waals surface area contributed by atoms with Gasteiger partial charge in [0.1, 0.15) is 11.8 Å². The van der Waals surface area contributed by atoms with Gasteiger partial charge in [-0.2, -0.15) is 0 Å². The molecule has 0 aliphatic carbocycles. The third-order valence-corrected chi connectivity index (χ3v) is 5.28. The number of ether oxygens (including phenoxy) is 2. The maximum absolute atomic E-state index is 13.0. The minimum Gasteiger partial charge on any atom is -0.468 e. The first kappa shape index (κ1) is 23.0. The van der Waals surface area contributed by atoms with Crippen LogP contribution < -0.4 is 0 Å². The van der Waals surface area contributed by atoms with Crippen LogP contribution in [0, 0.1) is 11.8 Å². The second-order valence-electron chi connectivity index (χ2n) is 6.14. The third kappa shape index (κ3) is 5.83. The first-order valence-corrected chi connectivity index (χ1v) is 10.1. The zero-order valence-corrected chi connectivity index (χ0v) is 18.9. The van der Waals surface area contributed by atoms with Crippen molar-refractivity contribution >= 4 is 55.4 Å². The van der Waals surface area contributed by atoms with E-state index >= 15 is 0 Å². The molecule has 0 saturated heterocycles. The number of halogens is 2. The highest BCUT2D eigenvalue weighted by Gasteiger charge is 2.38. The molecule has 29 heavy (non-hydrogen) atoms. The fourth-order valence-corrected chi connectivity index (χ4v) is 3.63. The lowest BCUT2D eigenvalue weighted by molar-refractivity contribution is -0.146. The normalized spacial score (nSPS) is 12.6. The molecule has 152 valence electrons. The van der Waals surface area contributed by atoms with Crippen LogP contribution in [-0.4, -0.2) is 37.7 Å². The lowest BCUT2D eigenvalue weighted by Crippen LogP contribution is -2.34. The van der Waals surface area contributed by atoms with Crippen molar-refractivity contribution in [2.75, 3.05) is 14.2 Å². The van der Waals surface area contributed by atoms with Gasteiger partial charge in [0.25, 0.3) is 0 Å². The number of methoxy groups -OCH3 is 2. The van der Waals surface area contributed by atoms with Gasteiger partial charge in [-0.3, -0.25) is 19.2 Å². The lowest BCUT2D eigenvalue weighted by Gasteiger charge is -2.19. The number of ketones is 2. The average Bonchev–Trinajstić information content (AvgIpc) is 2.72. The molecular weight excluding hydrogens is 508 g/mol. The molecule has 8 heteroatoms. The Bertz CT molecular complexity index is 865. The number of rotatable bonds is 8. The second kappa shape index (κ2) is 10.5. The summed E-state index contributed by atoms with van der Waals surface area (Å²) in [6, 6.07) is 13.0. The molecule has 0 radical (unpaired) electrons. The van der Waals surface area contributed by atoms with Crippen molar-refractivity contribution in [3.63, 3.8) is 0 Å². The molecule has 0 heterocycles. The van der Waals surface area contributed by atoms with E-state index in [2.05, 4.69) is 31.9 Å². The molecule has 2 aromatic rings. The number of benzene rings is 2. The van der Waals surface area contributed by atoms with E-state index in [1.54, 1.807) is 48.5 Å². The zero-order valence-electron chi connectivity index (χ0n) is 15.7. The van der Waals surface area contributed by atoms with Crippen LogP contribution in [0.4, 0.5) is 0 Å². The minimum atomic E-state index is -1.34. The SMILES string of the molecule is COC(=O)C(CC(C(=O)OC)C(=O)c1cccc(Br)c1)C(=O)c1cccc(Br)c1. The molecule has 0 aliphatic rings.